The van der Waals surface area contributed by atoms with Crippen molar-refractivity contribution in [3.05, 3.63) is 77.0 Å². The van der Waals surface area contributed by atoms with Crippen LogP contribution in [0.1, 0.15) is 22.4 Å². The minimum atomic E-state index is -0.544. The van der Waals surface area contributed by atoms with Crippen molar-refractivity contribution in [2.45, 2.75) is 26.4 Å². The maximum absolute atomic E-state index is 10.3. The van der Waals surface area contributed by atoms with E-state index in [1.165, 1.54) is 16.7 Å². The summed E-state index contributed by atoms with van der Waals surface area (Å²) in [6.45, 7) is 8.63. The Kier molecular flexibility index (Phi) is 8.49. The number of benzene rings is 2. The number of rotatable bonds is 9. The lowest BCUT2D eigenvalue weighted by Crippen LogP contribution is -2.49. The molecular weight excluding hydrogens is 436 g/mol. The van der Waals surface area contributed by atoms with Crippen molar-refractivity contribution in [1.82, 2.24) is 14.9 Å². The van der Waals surface area contributed by atoms with Gasteiger partial charge in [0.1, 0.15) is 12.4 Å². The van der Waals surface area contributed by atoms with Gasteiger partial charge in [0.25, 0.3) is 0 Å². The van der Waals surface area contributed by atoms with E-state index < -0.39 is 6.10 Å². The summed E-state index contributed by atoms with van der Waals surface area (Å²) in [5, 5.41) is 10.3. The highest BCUT2D eigenvalue weighted by atomic mass is 16.5. The first-order valence-electron chi connectivity index (χ1n) is 12.2. The van der Waals surface area contributed by atoms with Gasteiger partial charge >= 0.3 is 0 Å². The Morgan fingerprint density at radius 3 is 2.40 bits per heavy atom. The summed E-state index contributed by atoms with van der Waals surface area (Å²) in [6, 6.07) is 18.8. The van der Waals surface area contributed by atoms with Crippen LogP contribution in [0.5, 0.6) is 0 Å². The minimum Gasteiger partial charge on any atom is -0.389 e. The molecule has 1 aliphatic heterocycles. The SMILES string of the molecule is C#CCOCC(O)CN1CCN(c2nc(-c3ccccc3)nc(C)c2Cc2ccc(C)cc2)CC1. The zero-order chi connectivity index (χ0) is 24.6. The maximum Gasteiger partial charge on any atom is 0.161 e. The highest BCUT2D eigenvalue weighted by Gasteiger charge is 2.24. The zero-order valence-corrected chi connectivity index (χ0v) is 20.7. The molecule has 6 heteroatoms. The predicted molar refractivity (Wildman–Crippen MR) is 141 cm³/mol. The largest absolute Gasteiger partial charge is 0.389 e. The van der Waals surface area contributed by atoms with Gasteiger partial charge < -0.3 is 14.7 Å². The quantitative estimate of drug-likeness (QED) is 0.382. The first kappa shape index (κ1) is 24.9. The summed E-state index contributed by atoms with van der Waals surface area (Å²) in [5.74, 6) is 4.20. The summed E-state index contributed by atoms with van der Waals surface area (Å²) < 4.78 is 5.28. The molecule has 0 amide bonds. The summed E-state index contributed by atoms with van der Waals surface area (Å²) in [5.41, 5.74) is 5.71. The molecule has 4 rings (SSSR count). The van der Waals surface area contributed by atoms with Crippen LogP contribution in [0.2, 0.25) is 0 Å². The number of aryl methyl sites for hydroxylation is 2. The van der Waals surface area contributed by atoms with Crippen LogP contribution in [0.4, 0.5) is 5.82 Å². The van der Waals surface area contributed by atoms with Crippen LogP contribution < -0.4 is 4.90 Å². The second-order valence-corrected chi connectivity index (χ2v) is 9.12. The molecule has 2 aromatic carbocycles. The summed E-state index contributed by atoms with van der Waals surface area (Å²) in [7, 11) is 0. The number of nitrogens with zero attached hydrogens (tertiary/aromatic N) is 4. The molecule has 0 saturated carbocycles. The van der Waals surface area contributed by atoms with Crippen LogP contribution in [0.15, 0.2) is 54.6 Å². The van der Waals surface area contributed by atoms with Crippen LogP contribution in [-0.4, -0.2) is 72.0 Å². The van der Waals surface area contributed by atoms with E-state index in [1.807, 2.05) is 18.2 Å². The van der Waals surface area contributed by atoms with Crippen LogP contribution in [0.3, 0.4) is 0 Å². The van der Waals surface area contributed by atoms with Crippen molar-refractivity contribution >= 4 is 5.82 Å². The van der Waals surface area contributed by atoms with E-state index in [-0.39, 0.29) is 13.2 Å². The topological polar surface area (TPSA) is 61.7 Å². The van der Waals surface area contributed by atoms with Gasteiger partial charge in [0, 0.05) is 56.0 Å². The van der Waals surface area contributed by atoms with Crippen molar-refractivity contribution < 1.29 is 9.84 Å². The first-order chi connectivity index (χ1) is 17.0. The Labute approximate surface area is 208 Å². The average molecular weight is 471 g/mol. The number of aliphatic hydroxyl groups excluding tert-OH is 1. The number of hydrogen-bond acceptors (Lipinski definition) is 6. The molecule has 0 aliphatic carbocycles. The van der Waals surface area contributed by atoms with Gasteiger partial charge in [0.2, 0.25) is 0 Å². The monoisotopic (exact) mass is 470 g/mol. The van der Waals surface area contributed by atoms with Crippen molar-refractivity contribution in [1.29, 1.82) is 0 Å². The first-order valence-corrected chi connectivity index (χ1v) is 12.2. The van der Waals surface area contributed by atoms with E-state index in [1.54, 1.807) is 0 Å². The summed E-state index contributed by atoms with van der Waals surface area (Å²) in [4.78, 5) is 14.6. The number of aliphatic hydroxyl groups is 1. The van der Waals surface area contributed by atoms with Crippen molar-refractivity contribution in [2.75, 3.05) is 50.8 Å². The highest BCUT2D eigenvalue weighted by molar-refractivity contribution is 5.61. The average Bonchev–Trinajstić information content (AvgIpc) is 2.87. The molecule has 0 radical (unpaired) electrons. The molecule has 1 unspecified atom stereocenters. The van der Waals surface area contributed by atoms with Gasteiger partial charge in [-0.2, -0.15) is 0 Å². The number of β-amino-alcohol motifs (C(OH)–C–C–N with tert-alkyl or cyclic N) is 1. The third kappa shape index (κ3) is 6.67. The van der Waals surface area contributed by atoms with Crippen LogP contribution in [0.25, 0.3) is 11.4 Å². The molecule has 1 N–H and O–H groups in total. The lowest BCUT2D eigenvalue weighted by Gasteiger charge is -2.37. The Morgan fingerprint density at radius 2 is 1.71 bits per heavy atom. The summed E-state index contributed by atoms with van der Waals surface area (Å²) in [6.07, 6.45) is 5.46. The van der Waals surface area contributed by atoms with E-state index in [2.05, 4.69) is 66.0 Å². The normalized spacial score (nSPS) is 15.1. The van der Waals surface area contributed by atoms with E-state index in [4.69, 9.17) is 21.1 Å². The van der Waals surface area contributed by atoms with Crippen molar-refractivity contribution in [2.24, 2.45) is 0 Å². The Balaban J connectivity index is 1.54. The van der Waals surface area contributed by atoms with E-state index in [0.29, 0.717) is 6.54 Å². The van der Waals surface area contributed by atoms with Gasteiger partial charge in [0.05, 0.1) is 12.7 Å². The van der Waals surface area contributed by atoms with Gasteiger partial charge in [-0.1, -0.05) is 66.1 Å². The fourth-order valence-electron chi connectivity index (χ4n) is 4.42. The number of anilines is 1. The third-order valence-electron chi connectivity index (χ3n) is 6.36. The van der Waals surface area contributed by atoms with E-state index >= 15 is 0 Å². The van der Waals surface area contributed by atoms with Gasteiger partial charge in [-0.3, -0.25) is 4.90 Å². The van der Waals surface area contributed by atoms with Gasteiger partial charge in [0.15, 0.2) is 5.82 Å². The number of ether oxygens (including phenoxy) is 1. The standard InChI is InChI=1S/C29H34N4O2/c1-4-18-35-21-26(34)20-32-14-16-33(17-15-32)29-27(19-24-12-10-22(2)11-13-24)23(3)30-28(31-29)25-8-6-5-7-9-25/h1,5-13,26,34H,14-21H2,2-3H3. The van der Waals surface area contributed by atoms with Gasteiger partial charge in [-0.25, -0.2) is 9.97 Å². The molecule has 6 nitrogen and oxygen atoms in total. The molecule has 1 aliphatic rings. The number of terminal acetylenes is 1. The van der Waals surface area contributed by atoms with Crippen LogP contribution in [0, 0.1) is 26.2 Å². The molecular formula is C29H34N4O2. The number of piperazine rings is 1. The zero-order valence-electron chi connectivity index (χ0n) is 20.7. The van der Waals surface area contributed by atoms with Gasteiger partial charge in [-0.05, 0) is 19.4 Å². The molecule has 1 fully saturated rings. The smallest absolute Gasteiger partial charge is 0.161 e. The lowest BCUT2D eigenvalue weighted by molar-refractivity contribution is 0.0267. The number of aromatic nitrogens is 2. The Bertz CT molecular complexity index is 1130. The van der Waals surface area contributed by atoms with Crippen molar-refractivity contribution in [3.8, 4) is 23.7 Å². The third-order valence-corrected chi connectivity index (χ3v) is 6.36. The van der Waals surface area contributed by atoms with E-state index in [0.717, 1.165) is 55.5 Å². The summed E-state index contributed by atoms with van der Waals surface area (Å²) >= 11 is 0. The Morgan fingerprint density at radius 1 is 1.00 bits per heavy atom. The van der Waals surface area contributed by atoms with Gasteiger partial charge in [-0.15, -0.1) is 6.42 Å². The second kappa shape index (κ2) is 11.9. The van der Waals surface area contributed by atoms with Crippen molar-refractivity contribution in [3.63, 3.8) is 0 Å². The fourth-order valence-corrected chi connectivity index (χ4v) is 4.42. The molecule has 1 atom stereocenters. The fraction of sp³-hybridized carbons (Fsp3) is 0.379. The second-order valence-electron chi connectivity index (χ2n) is 9.12. The molecule has 1 saturated heterocycles. The lowest BCUT2D eigenvalue weighted by atomic mass is 10.0. The maximum atomic E-state index is 10.3. The predicted octanol–water partition coefficient (Wildman–Crippen LogP) is 3.48. The minimum absolute atomic E-state index is 0.228. The molecule has 3 aromatic rings. The molecule has 2 heterocycles. The Hall–Kier alpha value is -3.24. The number of hydrogen-bond donors (Lipinski definition) is 1. The van der Waals surface area contributed by atoms with Crippen LogP contribution >= 0.6 is 0 Å². The van der Waals surface area contributed by atoms with Crippen LogP contribution in [-0.2, 0) is 11.2 Å². The van der Waals surface area contributed by atoms with E-state index in [9.17, 15) is 5.11 Å². The molecule has 35 heavy (non-hydrogen) atoms. The molecule has 182 valence electrons. The highest BCUT2D eigenvalue weighted by Crippen LogP contribution is 2.28. The molecule has 1 aromatic heterocycles. The molecule has 0 spiro atoms. The molecule has 0 bridgehead atoms.